The van der Waals surface area contributed by atoms with Crippen molar-refractivity contribution in [1.82, 2.24) is 0 Å². The van der Waals surface area contributed by atoms with Gasteiger partial charge in [0.1, 0.15) is 0 Å². The maximum Gasteiger partial charge on any atom is 0.272 e. The summed E-state index contributed by atoms with van der Waals surface area (Å²) in [6.45, 7) is 3.72. The summed E-state index contributed by atoms with van der Waals surface area (Å²) in [6.07, 6.45) is 1.00. The summed E-state index contributed by atoms with van der Waals surface area (Å²) in [7, 11) is 0. The molecule has 2 rings (SSSR count). The van der Waals surface area contributed by atoms with Crippen LogP contribution in [0.4, 0.5) is 11.4 Å². The van der Waals surface area contributed by atoms with Crippen molar-refractivity contribution in [2.24, 2.45) is 0 Å². The average Bonchev–Trinajstić information content (AvgIpc) is 2.46. The van der Waals surface area contributed by atoms with Crippen LogP contribution >= 0.6 is 0 Å². The van der Waals surface area contributed by atoms with Gasteiger partial charge in [-0.2, -0.15) is 0 Å². The van der Waals surface area contributed by atoms with E-state index in [4.69, 9.17) is 0 Å². The van der Waals surface area contributed by atoms with Gasteiger partial charge in [-0.05, 0) is 43.4 Å². The van der Waals surface area contributed by atoms with Crippen molar-refractivity contribution in [2.45, 2.75) is 26.7 Å². The summed E-state index contributed by atoms with van der Waals surface area (Å²) in [5.41, 5.74) is 3.47. The first-order valence-corrected chi connectivity index (χ1v) is 6.87. The number of non-ortho nitro benzene ring substituents is 1. The molecule has 22 heavy (non-hydrogen) atoms. The second-order valence-corrected chi connectivity index (χ2v) is 5.20. The van der Waals surface area contributed by atoms with Gasteiger partial charge in [0, 0.05) is 23.8 Å². The van der Waals surface area contributed by atoms with Gasteiger partial charge in [0.2, 0.25) is 0 Å². The van der Waals surface area contributed by atoms with Gasteiger partial charge in [0.15, 0.2) is 0 Å². The third kappa shape index (κ3) is 3.28. The summed E-state index contributed by atoms with van der Waals surface area (Å²) in [5, 5.41) is 22.0. The van der Waals surface area contributed by atoms with Crippen LogP contribution in [0.15, 0.2) is 36.4 Å². The van der Waals surface area contributed by atoms with Gasteiger partial charge >= 0.3 is 0 Å². The van der Waals surface area contributed by atoms with Crippen molar-refractivity contribution < 1.29 is 9.85 Å². The van der Waals surface area contributed by atoms with Crippen LogP contribution in [0.5, 0.6) is 0 Å². The molecule has 0 aliphatic heterocycles. The van der Waals surface area contributed by atoms with Crippen molar-refractivity contribution in [3.63, 3.8) is 0 Å². The van der Waals surface area contributed by atoms with E-state index in [9.17, 15) is 20.2 Å². The zero-order valence-corrected chi connectivity index (χ0v) is 12.4. The van der Waals surface area contributed by atoms with E-state index in [-0.39, 0.29) is 16.3 Å². The van der Waals surface area contributed by atoms with E-state index in [0.29, 0.717) is 18.4 Å². The Kier molecular flexibility index (Phi) is 4.50. The first-order chi connectivity index (χ1) is 10.4. The molecule has 0 bridgehead atoms. The van der Waals surface area contributed by atoms with Gasteiger partial charge in [-0.1, -0.05) is 18.2 Å². The van der Waals surface area contributed by atoms with Crippen LogP contribution < -0.4 is 0 Å². The van der Waals surface area contributed by atoms with E-state index in [1.807, 2.05) is 19.9 Å². The first kappa shape index (κ1) is 15.6. The highest BCUT2D eigenvalue weighted by atomic mass is 16.6. The Morgan fingerprint density at radius 2 is 1.64 bits per heavy atom. The van der Waals surface area contributed by atoms with Gasteiger partial charge in [-0.15, -0.1) is 0 Å². The van der Waals surface area contributed by atoms with E-state index < -0.39 is 4.92 Å². The molecule has 0 aliphatic rings. The molecule has 0 N–H and O–H groups in total. The van der Waals surface area contributed by atoms with Crippen molar-refractivity contribution in [1.29, 1.82) is 0 Å². The minimum atomic E-state index is -0.431. The number of nitro groups is 2. The van der Waals surface area contributed by atoms with Gasteiger partial charge in [-0.25, -0.2) is 0 Å². The molecule has 0 fully saturated rings. The van der Waals surface area contributed by atoms with Gasteiger partial charge in [0.05, 0.1) is 9.85 Å². The van der Waals surface area contributed by atoms with Crippen LogP contribution in [-0.4, -0.2) is 9.85 Å². The number of nitrogens with zero attached hydrogens (tertiary/aromatic N) is 2. The Morgan fingerprint density at radius 1 is 0.909 bits per heavy atom. The van der Waals surface area contributed by atoms with E-state index in [0.717, 1.165) is 16.7 Å². The average molecular weight is 300 g/mol. The quantitative estimate of drug-likeness (QED) is 0.619. The van der Waals surface area contributed by atoms with Crippen LogP contribution in [-0.2, 0) is 12.8 Å². The highest BCUT2D eigenvalue weighted by molar-refractivity contribution is 5.46. The Labute approximate surface area is 127 Å². The van der Waals surface area contributed by atoms with Gasteiger partial charge in [0.25, 0.3) is 11.4 Å². The minimum absolute atomic E-state index is 0.0416. The van der Waals surface area contributed by atoms with Crippen molar-refractivity contribution in [2.75, 3.05) is 0 Å². The molecule has 6 nitrogen and oxygen atoms in total. The molecular formula is C16H16N2O4. The van der Waals surface area contributed by atoms with Gasteiger partial charge < -0.3 is 0 Å². The number of aryl methyl sites for hydroxylation is 3. The maximum atomic E-state index is 11.1. The SMILES string of the molecule is Cc1ccc([N+](=O)[O-])cc1CCc1c(C)cccc1[N+](=O)[O-]. The molecule has 0 aliphatic carbocycles. The maximum absolute atomic E-state index is 11.1. The van der Waals surface area contributed by atoms with E-state index >= 15 is 0 Å². The third-order valence-corrected chi connectivity index (χ3v) is 3.77. The van der Waals surface area contributed by atoms with Crippen LogP contribution in [0, 0.1) is 34.1 Å². The fourth-order valence-electron chi connectivity index (χ4n) is 2.48. The molecule has 0 atom stereocenters. The lowest BCUT2D eigenvalue weighted by molar-refractivity contribution is -0.385. The number of hydrogen-bond donors (Lipinski definition) is 0. The normalized spacial score (nSPS) is 10.5. The fraction of sp³-hybridized carbons (Fsp3) is 0.250. The standard InChI is InChI=1S/C16H16N2O4/c1-11-6-8-14(17(19)20)10-13(11)7-9-15-12(2)4-3-5-16(15)18(21)22/h3-6,8,10H,7,9H2,1-2H3. The topological polar surface area (TPSA) is 86.3 Å². The summed E-state index contributed by atoms with van der Waals surface area (Å²) >= 11 is 0. The smallest absolute Gasteiger partial charge is 0.258 e. The summed E-state index contributed by atoms with van der Waals surface area (Å²) < 4.78 is 0. The monoisotopic (exact) mass is 300 g/mol. The number of hydrogen-bond acceptors (Lipinski definition) is 4. The lowest BCUT2D eigenvalue weighted by Crippen LogP contribution is -2.02. The molecule has 0 saturated carbocycles. The molecule has 0 spiro atoms. The minimum Gasteiger partial charge on any atom is -0.258 e. The highest BCUT2D eigenvalue weighted by Crippen LogP contribution is 2.25. The Hall–Kier alpha value is -2.76. The predicted molar refractivity (Wildman–Crippen MR) is 83.1 cm³/mol. The van der Waals surface area contributed by atoms with Crippen LogP contribution in [0.2, 0.25) is 0 Å². The zero-order chi connectivity index (χ0) is 16.3. The van der Waals surface area contributed by atoms with Crippen molar-refractivity contribution in [3.05, 3.63) is 78.9 Å². The molecule has 2 aromatic rings. The first-order valence-electron chi connectivity index (χ1n) is 6.87. The molecule has 6 heteroatoms. The fourth-order valence-corrected chi connectivity index (χ4v) is 2.48. The second-order valence-electron chi connectivity index (χ2n) is 5.20. The largest absolute Gasteiger partial charge is 0.272 e. The number of benzene rings is 2. The van der Waals surface area contributed by atoms with Crippen LogP contribution in [0.25, 0.3) is 0 Å². The molecule has 2 aromatic carbocycles. The second kappa shape index (κ2) is 6.34. The van der Waals surface area contributed by atoms with Gasteiger partial charge in [-0.3, -0.25) is 20.2 Å². The lowest BCUT2D eigenvalue weighted by Gasteiger charge is -2.09. The third-order valence-electron chi connectivity index (χ3n) is 3.77. The van der Waals surface area contributed by atoms with Crippen molar-refractivity contribution in [3.8, 4) is 0 Å². The van der Waals surface area contributed by atoms with E-state index in [2.05, 4.69) is 0 Å². The molecular weight excluding hydrogens is 284 g/mol. The van der Waals surface area contributed by atoms with E-state index in [1.165, 1.54) is 12.1 Å². The summed E-state index contributed by atoms with van der Waals surface area (Å²) in [4.78, 5) is 21.1. The number of nitro benzene ring substituents is 2. The lowest BCUT2D eigenvalue weighted by atomic mass is 9.96. The molecule has 0 unspecified atom stereocenters. The summed E-state index contributed by atoms with van der Waals surface area (Å²) in [6, 6.07) is 9.70. The molecule has 0 amide bonds. The van der Waals surface area contributed by atoms with Crippen LogP contribution in [0.3, 0.4) is 0 Å². The molecule has 0 saturated heterocycles. The highest BCUT2D eigenvalue weighted by Gasteiger charge is 2.16. The molecule has 0 radical (unpaired) electrons. The molecule has 114 valence electrons. The predicted octanol–water partition coefficient (Wildman–Crippen LogP) is 3.91. The van der Waals surface area contributed by atoms with Crippen molar-refractivity contribution >= 4 is 11.4 Å². The van der Waals surface area contributed by atoms with Crippen LogP contribution in [0.1, 0.15) is 22.3 Å². The molecule has 0 aromatic heterocycles. The Morgan fingerprint density at radius 3 is 2.27 bits per heavy atom. The Bertz CT molecular complexity index is 741. The zero-order valence-electron chi connectivity index (χ0n) is 12.4. The Balaban J connectivity index is 2.29. The number of rotatable bonds is 5. The van der Waals surface area contributed by atoms with E-state index in [1.54, 1.807) is 18.2 Å². The molecule has 0 heterocycles. The summed E-state index contributed by atoms with van der Waals surface area (Å²) in [5.74, 6) is 0.